The van der Waals surface area contributed by atoms with E-state index in [1.54, 1.807) is 0 Å². The van der Waals surface area contributed by atoms with E-state index in [-0.39, 0.29) is 30.2 Å². The Bertz CT molecular complexity index is 632. The largest absolute Gasteiger partial charge is 0.369 e. The summed E-state index contributed by atoms with van der Waals surface area (Å²) in [5.74, 6) is 1.02. The van der Waals surface area contributed by atoms with Crippen LogP contribution in [0.3, 0.4) is 0 Å². The second kappa shape index (κ2) is 6.20. The van der Waals surface area contributed by atoms with Crippen molar-refractivity contribution in [3.63, 3.8) is 0 Å². The summed E-state index contributed by atoms with van der Waals surface area (Å²) in [7, 11) is 0. The first-order chi connectivity index (χ1) is 11.6. The first-order valence-electron chi connectivity index (χ1n) is 8.87. The highest BCUT2D eigenvalue weighted by Crippen LogP contribution is 2.40. The molecule has 0 radical (unpaired) electrons. The van der Waals surface area contributed by atoms with Gasteiger partial charge in [-0.15, -0.1) is 0 Å². The number of piperidine rings is 1. The molecule has 1 saturated carbocycles. The van der Waals surface area contributed by atoms with Crippen molar-refractivity contribution in [3.8, 4) is 0 Å². The summed E-state index contributed by atoms with van der Waals surface area (Å²) in [6.45, 7) is 3.16. The van der Waals surface area contributed by atoms with Gasteiger partial charge in [-0.05, 0) is 25.7 Å². The highest BCUT2D eigenvalue weighted by Gasteiger charge is 2.38. The number of aromatic nitrogens is 1. The molecular weight excluding hydrogens is 308 g/mol. The van der Waals surface area contributed by atoms with Gasteiger partial charge in [0.2, 0.25) is 11.8 Å². The molecule has 7 heteroatoms. The molecule has 2 saturated heterocycles. The lowest BCUT2D eigenvalue weighted by Gasteiger charge is -2.36. The quantitative estimate of drug-likeness (QED) is 0.863. The lowest BCUT2D eigenvalue weighted by atomic mass is 10.0. The maximum Gasteiger partial charge on any atom is 0.223 e. The van der Waals surface area contributed by atoms with Crippen LogP contribution in [0.5, 0.6) is 0 Å². The molecule has 2 aliphatic heterocycles. The Hall–Kier alpha value is -1.89. The average molecular weight is 332 g/mol. The van der Waals surface area contributed by atoms with E-state index in [9.17, 15) is 9.59 Å². The van der Waals surface area contributed by atoms with Crippen molar-refractivity contribution in [2.75, 3.05) is 19.6 Å². The van der Waals surface area contributed by atoms with Gasteiger partial charge >= 0.3 is 0 Å². The first kappa shape index (κ1) is 15.6. The third kappa shape index (κ3) is 3.17. The predicted octanol–water partition coefficient (Wildman–Crippen LogP) is 0.850. The normalized spacial score (nSPS) is 26.2. The van der Waals surface area contributed by atoms with Crippen molar-refractivity contribution in [1.82, 2.24) is 15.0 Å². The molecule has 4 rings (SSSR count). The summed E-state index contributed by atoms with van der Waals surface area (Å²) in [6.07, 6.45) is 4.58. The number of carbonyl (C=O) groups is 2. The number of hydrogen-bond acceptors (Lipinski definition) is 5. The van der Waals surface area contributed by atoms with Gasteiger partial charge in [-0.3, -0.25) is 14.5 Å². The van der Waals surface area contributed by atoms with Crippen molar-refractivity contribution < 1.29 is 14.1 Å². The highest BCUT2D eigenvalue weighted by molar-refractivity contribution is 5.88. The van der Waals surface area contributed by atoms with Crippen LogP contribution in [0, 0.1) is 5.92 Å². The van der Waals surface area contributed by atoms with E-state index in [1.807, 2.05) is 4.90 Å². The molecule has 3 fully saturated rings. The summed E-state index contributed by atoms with van der Waals surface area (Å²) in [6, 6.07) is 2.32. The van der Waals surface area contributed by atoms with Crippen LogP contribution in [0.15, 0.2) is 10.6 Å². The molecular formula is C17H24N4O3. The fourth-order valence-electron chi connectivity index (χ4n) is 3.86. The summed E-state index contributed by atoms with van der Waals surface area (Å²) in [5, 5.41) is 4.18. The van der Waals surface area contributed by atoms with Crippen LogP contribution in [-0.2, 0) is 16.1 Å². The summed E-state index contributed by atoms with van der Waals surface area (Å²) in [5.41, 5.74) is 6.35. The summed E-state index contributed by atoms with van der Waals surface area (Å²) < 4.78 is 5.41. The van der Waals surface area contributed by atoms with E-state index in [0.717, 1.165) is 43.9 Å². The topological polar surface area (TPSA) is 92.7 Å². The van der Waals surface area contributed by atoms with Crippen LogP contribution in [0.2, 0.25) is 0 Å². The van der Waals surface area contributed by atoms with Crippen molar-refractivity contribution in [2.45, 2.75) is 50.6 Å². The fourth-order valence-corrected chi connectivity index (χ4v) is 3.86. The number of nitrogens with two attached hydrogens (primary N) is 1. The zero-order chi connectivity index (χ0) is 16.7. The Labute approximate surface area is 141 Å². The fraction of sp³-hybridized carbons (Fsp3) is 0.706. The number of likely N-dealkylation sites (tertiary alicyclic amines) is 2. The standard InChI is InChI=1S/C17H24N4O3/c18-17(23)12-7-16(22)21(9-12)14-3-5-20(6-4-14)10-13-8-15(24-19-13)11-1-2-11/h8,11-12,14H,1-7,9-10H2,(H2,18,23). The molecule has 1 aliphatic carbocycles. The Morgan fingerprint density at radius 2 is 2.04 bits per heavy atom. The van der Waals surface area contributed by atoms with Gasteiger partial charge in [0.15, 0.2) is 0 Å². The zero-order valence-corrected chi connectivity index (χ0v) is 13.8. The lowest BCUT2D eigenvalue weighted by molar-refractivity contribution is -0.130. The molecule has 0 bridgehead atoms. The van der Waals surface area contributed by atoms with Gasteiger partial charge in [-0.2, -0.15) is 0 Å². The third-order valence-electron chi connectivity index (χ3n) is 5.50. The van der Waals surface area contributed by atoms with Gasteiger partial charge in [0.1, 0.15) is 5.76 Å². The van der Waals surface area contributed by atoms with E-state index in [2.05, 4.69) is 16.1 Å². The van der Waals surface area contributed by atoms with Crippen molar-refractivity contribution in [1.29, 1.82) is 0 Å². The monoisotopic (exact) mass is 332 g/mol. The number of hydrogen-bond donors (Lipinski definition) is 1. The molecule has 1 aromatic rings. The first-order valence-corrected chi connectivity index (χ1v) is 8.87. The van der Waals surface area contributed by atoms with Crippen LogP contribution in [0.4, 0.5) is 0 Å². The van der Waals surface area contributed by atoms with Crippen molar-refractivity contribution in [2.24, 2.45) is 11.7 Å². The molecule has 1 aromatic heterocycles. The number of carbonyl (C=O) groups excluding carboxylic acids is 2. The van der Waals surface area contributed by atoms with Crippen LogP contribution in [0.25, 0.3) is 0 Å². The minimum atomic E-state index is -0.360. The third-order valence-corrected chi connectivity index (χ3v) is 5.50. The minimum Gasteiger partial charge on any atom is -0.369 e. The minimum absolute atomic E-state index is 0.0721. The van der Waals surface area contributed by atoms with Crippen molar-refractivity contribution in [3.05, 3.63) is 17.5 Å². The summed E-state index contributed by atoms with van der Waals surface area (Å²) in [4.78, 5) is 27.6. The van der Waals surface area contributed by atoms with Crippen LogP contribution in [0.1, 0.15) is 49.5 Å². The van der Waals surface area contributed by atoms with Gasteiger partial charge in [-0.1, -0.05) is 5.16 Å². The molecule has 7 nitrogen and oxygen atoms in total. The maximum absolute atomic E-state index is 12.1. The molecule has 0 spiro atoms. The summed E-state index contributed by atoms with van der Waals surface area (Å²) >= 11 is 0. The van der Waals surface area contributed by atoms with E-state index in [4.69, 9.17) is 10.3 Å². The van der Waals surface area contributed by atoms with Gasteiger partial charge < -0.3 is 15.2 Å². The SMILES string of the molecule is NC(=O)C1CC(=O)N(C2CCN(Cc3cc(C4CC4)on3)CC2)C1. The Kier molecular flexibility index (Phi) is 4.04. The molecule has 130 valence electrons. The molecule has 2 amide bonds. The van der Waals surface area contributed by atoms with Gasteiger partial charge in [0.05, 0.1) is 11.6 Å². The lowest BCUT2D eigenvalue weighted by Crippen LogP contribution is -2.45. The van der Waals surface area contributed by atoms with E-state index in [1.165, 1.54) is 12.8 Å². The van der Waals surface area contributed by atoms with Gasteiger partial charge in [-0.25, -0.2) is 0 Å². The van der Waals surface area contributed by atoms with Crippen LogP contribution >= 0.6 is 0 Å². The molecule has 3 heterocycles. The van der Waals surface area contributed by atoms with E-state index < -0.39 is 0 Å². The predicted molar refractivity (Wildman–Crippen MR) is 85.8 cm³/mol. The van der Waals surface area contributed by atoms with E-state index >= 15 is 0 Å². The molecule has 0 aromatic carbocycles. The second-order valence-electron chi connectivity index (χ2n) is 7.35. The molecule has 2 N–H and O–H groups in total. The number of amides is 2. The molecule has 24 heavy (non-hydrogen) atoms. The Morgan fingerprint density at radius 1 is 1.29 bits per heavy atom. The highest BCUT2D eigenvalue weighted by atomic mass is 16.5. The van der Waals surface area contributed by atoms with E-state index in [0.29, 0.717) is 12.5 Å². The molecule has 1 unspecified atom stereocenters. The van der Waals surface area contributed by atoms with Gasteiger partial charge in [0, 0.05) is 50.6 Å². The van der Waals surface area contributed by atoms with Crippen LogP contribution < -0.4 is 5.73 Å². The number of rotatable bonds is 5. The smallest absolute Gasteiger partial charge is 0.223 e. The number of primary amides is 1. The zero-order valence-electron chi connectivity index (χ0n) is 13.8. The molecule has 3 aliphatic rings. The average Bonchev–Trinajstić information content (AvgIpc) is 3.19. The maximum atomic E-state index is 12.1. The Morgan fingerprint density at radius 3 is 2.67 bits per heavy atom. The second-order valence-corrected chi connectivity index (χ2v) is 7.35. The Balaban J connectivity index is 1.28. The van der Waals surface area contributed by atoms with Crippen molar-refractivity contribution >= 4 is 11.8 Å². The molecule has 1 atom stereocenters. The van der Waals surface area contributed by atoms with Gasteiger partial charge in [0.25, 0.3) is 0 Å². The van der Waals surface area contributed by atoms with Crippen LogP contribution in [-0.4, -0.2) is 52.4 Å². The number of nitrogens with zero attached hydrogens (tertiary/aromatic N) is 3.